The summed E-state index contributed by atoms with van der Waals surface area (Å²) >= 11 is 12.2. The average molecular weight is 421 g/mol. The highest BCUT2D eigenvalue weighted by Gasteiger charge is 2.50. The Balaban J connectivity index is 2.53. The van der Waals surface area contributed by atoms with Gasteiger partial charge in [-0.25, -0.2) is 9.59 Å². The molecule has 2 N–H and O–H groups in total. The van der Waals surface area contributed by atoms with Crippen LogP contribution in [0.2, 0.25) is 10.0 Å². The van der Waals surface area contributed by atoms with E-state index in [1.54, 1.807) is 0 Å². The molecule has 0 aliphatic carbocycles. The molecule has 0 radical (unpaired) electrons. The summed E-state index contributed by atoms with van der Waals surface area (Å²) in [4.78, 5) is 38.7. The Labute approximate surface area is 166 Å². The van der Waals surface area contributed by atoms with Crippen LogP contribution in [-0.2, 0) is 15.1 Å². The van der Waals surface area contributed by atoms with Gasteiger partial charge in [0.15, 0.2) is 0 Å². The van der Waals surface area contributed by atoms with Crippen molar-refractivity contribution in [3.05, 3.63) is 84.8 Å². The van der Waals surface area contributed by atoms with Crippen LogP contribution >= 0.6 is 23.2 Å². The molecule has 2 aromatic rings. The number of nitrogens with zero attached hydrogens (tertiary/aromatic N) is 2. The fourth-order valence-corrected chi connectivity index (χ4v) is 3.70. The summed E-state index contributed by atoms with van der Waals surface area (Å²) in [5.41, 5.74) is -3.63. The molecule has 28 heavy (non-hydrogen) atoms. The highest BCUT2D eigenvalue weighted by Crippen LogP contribution is 2.41. The molecule has 0 spiro atoms. The number of benzene rings is 2. The molecule has 0 saturated heterocycles. The van der Waals surface area contributed by atoms with Crippen LogP contribution in [0.15, 0.2) is 53.5 Å². The van der Waals surface area contributed by atoms with Crippen molar-refractivity contribution < 1.29 is 24.7 Å². The first-order valence-electron chi connectivity index (χ1n) is 7.60. The number of fused-ring (bicyclic) bond motifs is 1. The minimum atomic E-state index is -2.29. The van der Waals surface area contributed by atoms with Gasteiger partial charge in [0.05, 0.1) is 20.9 Å². The van der Waals surface area contributed by atoms with Gasteiger partial charge in [-0.05, 0) is 12.1 Å². The van der Waals surface area contributed by atoms with Crippen LogP contribution in [0.5, 0.6) is 0 Å². The molecule has 10 heteroatoms. The van der Waals surface area contributed by atoms with Crippen molar-refractivity contribution in [2.24, 2.45) is 4.99 Å². The van der Waals surface area contributed by atoms with E-state index in [1.807, 2.05) is 0 Å². The fourth-order valence-electron chi connectivity index (χ4n) is 3.12. The van der Waals surface area contributed by atoms with Crippen molar-refractivity contribution in [1.82, 2.24) is 0 Å². The maximum atomic E-state index is 12.4. The van der Waals surface area contributed by atoms with Crippen LogP contribution in [0.4, 0.5) is 5.69 Å². The maximum absolute atomic E-state index is 12.4. The summed E-state index contributed by atoms with van der Waals surface area (Å²) in [7, 11) is 0. The zero-order valence-corrected chi connectivity index (χ0v) is 15.4. The monoisotopic (exact) mass is 420 g/mol. The van der Waals surface area contributed by atoms with E-state index >= 15 is 0 Å². The number of hydrogen-bond acceptors (Lipinski definition) is 5. The summed E-state index contributed by atoms with van der Waals surface area (Å²) in [6, 6.07) is 7.44. The lowest BCUT2D eigenvalue weighted by molar-refractivity contribution is -0.384. The number of non-ortho nitro benzene ring substituents is 1. The zero-order chi connectivity index (χ0) is 20.8. The normalized spacial score (nSPS) is 17.6. The third kappa shape index (κ3) is 2.83. The Morgan fingerprint density at radius 2 is 1.86 bits per heavy atom. The van der Waals surface area contributed by atoms with Crippen molar-refractivity contribution in [2.45, 2.75) is 5.54 Å². The Hall–Kier alpha value is -3.23. The quantitative estimate of drug-likeness (QED) is 0.433. The zero-order valence-electron chi connectivity index (χ0n) is 13.8. The van der Waals surface area contributed by atoms with Crippen molar-refractivity contribution in [3.8, 4) is 0 Å². The molecular formula is C18H10Cl2N2O6. The summed E-state index contributed by atoms with van der Waals surface area (Å²) in [6.45, 7) is 3.47. The molecule has 0 aromatic heterocycles. The molecule has 1 atom stereocenters. The number of nitro groups is 1. The molecule has 1 unspecified atom stereocenters. The van der Waals surface area contributed by atoms with E-state index in [1.165, 1.54) is 30.3 Å². The Kier molecular flexibility index (Phi) is 4.70. The van der Waals surface area contributed by atoms with Crippen molar-refractivity contribution in [3.63, 3.8) is 0 Å². The molecular weight excluding hydrogens is 411 g/mol. The van der Waals surface area contributed by atoms with Gasteiger partial charge in [0.1, 0.15) is 0 Å². The van der Waals surface area contributed by atoms with Crippen LogP contribution in [0.3, 0.4) is 0 Å². The number of halogens is 2. The van der Waals surface area contributed by atoms with E-state index < -0.39 is 28.0 Å². The second-order valence-corrected chi connectivity index (χ2v) is 6.72. The van der Waals surface area contributed by atoms with Crippen molar-refractivity contribution in [1.29, 1.82) is 0 Å². The first kappa shape index (κ1) is 19.5. The molecule has 1 heterocycles. The minimum absolute atomic E-state index is 0.0165. The van der Waals surface area contributed by atoms with Crippen LogP contribution in [0, 0.1) is 10.1 Å². The lowest BCUT2D eigenvalue weighted by Gasteiger charge is -2.26. The number of aliphatic carboxylic acids is 2. The molecule has 1 aliphatic heterocycles. The molecule has 3 rings (SSSR count). The number of carbonyl (C=O) groups is 2. The first-order chi connectivity index (χ1) is 13.1. The second-order valence-electron chi connectivity index (χ2n) is 5.88. The summed E-state index contributed by atoms with van der Waals surface area (Å²) in [6.07, 6.45) is 0. The van der Waals surface area contributed by atoms with Crippen molar-refractivity contribution in [2.75, 3.05) is 0 Å². The van der Waals surface area contributed by atoms with Gasteiger partial charge >= 0.3 is 11.9 Å². The number of hydrogen-bond donors (Lipinski definition) is 2. The largest absolute Gasteiger partial charge is 0.479 e. The van der Waals surface area contributed by atoms with Gasteiger partial charge in [0, 0.05) is 33.5 Å². The molecule has 0 bridgehead atoms. The van der Waals surface area contributed by atoms with Gasteiger partial charge in [-0.3, -0.25) is 15.1 Å². The molecule has 0 saturated carbocycles. The minimum Gasteiger partial charge on any atom is -0.479 e. The third-order valence-corrected chi connectivity index (χ3v) is 4.79. The van der Waals surface area contributed by atoms with Gasteiger partial charge in [0.25, 0.3) is 5.69 Å². The highest BCUT2D eigenvalue weighted by atomic mass is 35.5. The second kappa shape index (κ2) is 6.74. The number of rotatable bonds is 5. The van der Waals surface area contributed by atoms with E-state index in [2.05, 4.69) is 11.6 Å². The Morgan fingerprint density at radius 1 is 1.18 bits per heavy atom. The predicted molar refractivity (Wildman–Crippen MR) is 99.8 cm³/mol. The maximum Gasteiger partial charge on any atom is 0.341 e. The molecule has 0 amide bonds. The van der Waals surface area contributed by atoms with Gasteiger partial charge in [-0.2, -0.15) is 0 Å². The van der Waals surface area contributed by atoms with E-state index in [9.17, 15) is 29.9 Å². The van der Waals surface area contributed by atoms with Gasteiger partial charge in [-0.1, -0.05) is 41.9 Å². The van der Waals surface area contributed by atoms with E-state index in [0.29, 0.717) is 0 Å². The van der Waals surface area contributed by atoms with Gasteiger partial charge in [0.2, 0.25) is 5.54 Å². The fraction of sp³-hybridized carbons (Fsp3) is 0.0556. The van der Waals surface area contributed by atoms with Crippen LogP contribution in [0.1, 0.15) is 5.56 Å². The lowest BCUT2D eigenvalue weighted by atomic mass is 9.80. The average Bonchev–Trinajstić information content (AvgIpc) is 2.97. The van der Waals surface area contributed by atoms with E-state index in [4.69, 9.17) is 23.2 Å². The van der Waals surface area contributed by atoms with E-state index in [-0.39, 0.29) is 37.4 Å². The number of nitro benzene ring substituents is 1. The number of carboxylic acid groups (broad SMARTS) is 2. The standard InChI is InChI=1S/C18H10Cl2N2O6/c1-8(16(23)24)15-14-12(20)6-10(19)7-13(14)21-18(15,17(25)26)9-3-2-4-11(5-9)22(27)28/h2-7H,1H2,(H,23,24)(H,25,26). The predicted octanol–water partition coefficient (Wildman–Crippen LogP) is 2.31. The molecule has 0 fully saturated rings. The number of carboxylic acids is 2. The molecule has 1 aliphatic rings. The van der Waals surface area contributed by atoms with E-state index in [0.717, 1.165) is 6.07 Å². The SMILES string of the molecule is C=C(C(=O)O)C1=c2c(Cl)cc(Cl)cc2=NC1(C(=O)O)c1cccc([N+](=O)[O-])c1. The van der Waals surface area contributed by atoms with Gasteiger partial charge < -0.3 is 10.2 Å². The summed E-state index contributed by atoms with van der Waals surface area (Å²) in [5, 5.41) is 31.0. The van der Waals surface area contributed by atoms with Crippen LogP contribution in [0.25, 0.3) is 5.57 Å². The first-order valence-corrected chi connectivity index (χ1v) is 8.35. The van der Waals surface area contributed by atoms with Crippen LogP contribution < -0.4 is 10.6 Å². The topological polar surface area (TPSA) is 130 Å². The van der Waals surface area contributed by atoms with Crippen LogP contribution in [-0.4, -0.2) is 27.1 Å². The summed E-state index contributed by atoms with van der Waals surface area (Å²) < 4.78 is 0. The molecule has 2 aromatic carbocycles. The Bertz CT molecular complexity index is 1210. The van der Waals surface area contributed by atoms with Gasteiger partial charge in [-0.15, -0.1) is 0 Å². The highest BCUT2D eigenvalue weighted by molar-refractivity contribution is 6.35. The lowest BCUT2D eigenvalue weighted by Crippen LogP contribution is -2.37. The smallest absolute Gasteiger partial charge is 0.341 e. The summed E-state index contributed by atoms with van der Waals surface area (Å²) in [5.74, 6) is -3.03. The Morgan fingerprint density at radius 3 is 2.43 bits per heavy atom. The van der Waals surface area contributed by atoms with Crippen molar-refractivity contribution >= 4 is 46.4 Å². The molecule has 8 nitrogen and oxygen atoms in total. The molecule has 142 valence electrons. The third-order valence-electron chi connectivity index (χ3n) is 4.28.